The smallest absolute Gasteiger partial charge is 0.232 e. The Morgan fingerprint density at radius 2 is 1.80 bits per heavy atom. The molecule has 0 aliphatic rings. The number of sulfonamides is 1. The van der Waals surface area contributed by atoms with Gasteiger partial charge in [-0.05, 0) is 30.2 Å². The van der Waals surface area contributed by atoms with Crippen LogP contribution >= 0.6 is 11.6 Å². The summed E-state index contributed by atoms with van der Waals surface area (Å²) in [5.41, 5.74) is 2.11. The molecule has 0 radical (unpaired) electrons. The number of hydrogen-bond donors (Lipinski definition) is 1. The van der Waals surface area contributed by atoms with Gasteiger partial charge in [-0.25, -0.2) is 8.42 Å². The molecule has 0 fully saturated rings. The van der Waals surface area contributed by atoms with Crippen molar-refractivity contribution in [3.05, 3.63) is 64.7 Å². The van der Waals surface area contributed by atoms with Crippen molar-refractivity contribution in [1.82, 2.24) is 5.32 Å². The Bertz CT molecular complexity index is 839. The normalized spacial score (nSPS) is 11.2. The van der Waals surface area contributed by atoms with Gasteiger partial charge in [-0.2, -0.15) is 0 Å². The number of hydrogen-bond acceptors (Lipinski definition) is 3. The molecule has 5 nitrogen and oxygen atoms in total. The molecule has 0 aliphatic heterocycles. The molecule has 0 unspecified atom stereocenters. The summed E-state index contributed by atoms with van der Waals surface area (Å²) in [6, 6.07) is 14.5. The van der Waals surface area contributed by atoms with Gasteiger partial charge in [0, 0.05) is 11.6 Å². The van der Waals surface area contributed by atoms with Crippen LogP contribution in [0.25, 0.3) is 0 Å². The molecule has 0 bridgehead atoms. The van der Waals surface area contributed by atoms with Crippen molar-refractivity contribution < 1.29 is 13.2 Å². The average molecular weight is 381 g/mol. The number of carbonyl (C=O) groups excluding carboxylic acids is 1. The summed E-state index contributed by atoms with van der Waals surface area (Å²) in [7, 11) is -3.49. The zero-order chi connectivity index (χ0) is 18.4. The van der Waals surface area contributed by atoms with Crippen molar-refractivity contribution in [3.8, 4) is 0 Å². The van der Waals surface area contributed by atoms with Gasteiger partial charge in [0.1, 0.15) is 0 Å². The van der Waals surface area contributed by atoms with Gasteiger partial charge >= 0.3 is 0 Å². The summed E-state index contributed by atoms with van der Waals surface area (Å²) in [5, 5.41) is 3.26. The third-order valence-corrected chi connectivity index (χ3v) is 5.34. The van der Waals surface area contributed by atoms with Gasteiger partial charge in [0.25, 0.3) is 0 Å². The van der Waals surface area contributed by atoms with Crippen LogP contribution in [-0.2, 0) is 21.2 Å². The fourth-order valence-electron chi connectivity index (χ4n) is 2.47. The van der Waals surface area contributed by atoms with E-state index in [-0.39, 0.29) is 25.4 Å². The van der Waals surface area contributed by atoms with Gasteiger partial charge in [0.15, 0.2) is 0 Å². The fourth-order valence-corrected chi connectivity index (χ4v) is 3.62. The number of benzene rings is 2. The highest BCUT2D eigenvalue weighted by Crippen LogP contribution is 2.27. The molecule has 0 aliphatic carbocycles. The van der Waals surface area contributed by atoms with Crippen molar-refractivity contribution in [3.63, 3.8) is 0 Å². The van der Waals surface area contributed by atoms with Crippen molar-refractivity contribution in [2.24, 2.45) is 0 Å². The first-order chi connectivity index (χ1) is 11.8. The topological polar surface area (TPSA) is 66.5 Å². The van der Waals surface area contributed by atoms with Crippen molar-refractivity contribution in [2.45, 2.75) is 13.3 Å². The zero-order valence-electron chi connectivity index (χ0n) is 14.2. The second kappa shape index (κ2) is 8.36. The maximum atomic E-state index is 12.1. The van der Waals surface area contributed by atoms with E-state index in [0.717, 1.165) is 11.8 Å². The van der Waals surface area contributed by atoms with Gasteiger partial charge in [-0.15, -0.1) is 0 Å². The van der Waals surface area contributed by atoms with Gasteiger partial charge in [-0.1, -0.05) is 48.0 Å². The van der Waals surface area contributed by atoms with E-state index < -0.39 is 10.0 Å². The Balaban J connectivity index is 2.02. The molecule has 2 aromatic rings. The summed E-state index contributed by atoms with van der Waals surface area (Å²) in [5.74, 6) is -0.150. The monoisotopic (exact) mass is 380 g/mol. The van der Waals surface area contributed by atoms with E-state index in [4.69, 9.17) is 11.6 Å². The number of amides is 1. The second-order valence-corrected chi connectivity index (χ2v) is 8.05. The predicted octanol–water partition coefficient (Wildman–Crippen LogP) is 2.77. The van der Waals surface area contributed by atoms with Crippen LogP contribution in [0.2, 0.25) is 5.02 Å². The van der Waals surface area contributed by atoms with Gasteiger partial charge in [0.2, 0.25) is 15.9 Å². The van der Waals surface area contributed by atoms with Crippen LogP contribution in [0, 0.1) is 6.92 Å². The number of nitrogens with zero attached hydrogens (tertiary/aromatic N) is 1. The number of rotatable bonds is 7. The summed E-state index contributed by atoms with van der Waals surface area (Å²) >= 11 is 6.09. The lowest BCUT2D eigenvalue weighted by Crippen LogP contribution is -2.39. The second-order valence-electron chi connectivity index (χ2n) is 5.73. The van der Waals surface area contributed by atoms with Crippen molar-refractivity contribution in [2.75, 3.05) is 23.7 Å². The Morgan fingerprint density at radius 3 is 2.44 bits per heavy atom. The van der Waals surface area contributed by atoms with Crippen molar-refractivity contribution >= 4 is 33.2 Å². The molecule has 134 valence electrons. The zero-order valence-corrected chi connectivity index (χ0v) is 15.8. The summed E-state index contributed by atoms with van der Waals surface area (Å²) in [6.07, 6.45) is 1.40. The van der Waals surface area contributed by atoms with E-state index >= 15 is 0 Å². The largest absolute Gasteiger partial charge is 0.354 e. The molecule has 0 aromatic heterocycles. The summed E-state index contributed by atoms with van der Waals surface area (Å²) in [6.45, 7) is 2.12. The first-order valence-corrected chi connectivity index (χ1v) is 10.0. The minimum absolute atomic E-state index is 0.139. The highest BCUT2D eigenvalue weighted by molar-refractivity contribution is 7.92. The maximum Gasteiger partial charge on any atom is 0.232 e. The van der Waals surface area contributed by atoms with Crippen LogP contribution in [0.4, 0.5) is 5.69 Å². The lowest BCUT2D eigenvalue weighted by Gasteiger charge is -2.24. The van der Waals surface area contributed by atoms with Gasteiger partial charge < -0.3 is 5.32 Å². The lowest BCUT2D eigenvalue weighted by atomic mass is 10.1. The summed E-state index contributed by atoms with van der Waals surface area (Å²) < 4.78 is 25.5. The van der Waals surface area contributed by atoms with Crippen molar-refractivity contribution in [1.29, 1.82) is 0 Å². The minimum atomic E-state index is -3.49. The minimum Gasteiger partial charge on any atom is -0.354 e. The summed E-state index contributed by atoms with van der Waals surface area (Å²) in [4.78, 5) is 12.0. The van der Waals surface area contributed by atoms with Crippen LogP contribution in [0.15, 0.2) is 48.5 Å². The molecule has 0 heterocycles. The molecule has 0 saturated carbocycles. The van der Waals surface area contributed by atoms with E-state index in [1.54, 1.807) is 25.1 Å². The average Bonchev–Trinajstić information content (AvgIpc) is 2.54. The molecule has 0 saturated heterocycles. The van der Waals surface area contributed by atoms with E-state index in [0.29, 0.717) is 16.3 Å². The predicted molar refractivity (Wildman–Crippen MR) is 102 cm³/mol. The molecule has 0 atom stereocenters. The molecule has 0 spiro atoms. The van der Waals surface area contributed by atoms with Crippen LogP contribution in [-0.4, -0.2) is 33.7 Å². The van der Waals surface area contributed by atoms with Gasteiger partial charge in [-0.3, -0.25) is 9.10 Å². The Labute approximate surface area is 153 Å². The number of halogens is 1. The van der Waals surface area contributed by atoms with E-state index in [1.165, 1.54) is 4.31 Å². The highest BCUT2D eigenvalue weighted by atomic mass is 35.5. The Kier molecular flexibility index (Phi) is 6.45. The quantitative estimate of drug-likeness (QED) is 0.803. The Hall–Kier alpha value is -2.05. The fraction of sp³-hybridized carbons (Fsp3) is 0.278. The molecule has 2 aromatic carbocycles. The SMILES string of the molecule is Cc1c(Cl)cccc1N(CCNC(=O)Cc1ccccc1)S(C)(=O)=O. The van der Waals surface area contributed by atoms with Crippen LogP contribution in [0.3, 0.4) is 0 Å². The highest BCUT2D eigenvalue weighted by Gasteiger charge is 2.20. The van der Waals surface area contributed by atoms with E-state index in [9.17, 15) is 13.2 Å². The van der Waals surface area contributed by atoms with E-state index in [1.807, 2.05) is 30.3 Å². The lowest BCUT2D eigenvalue weighted by molar-refractivity contribution is -0.120. The molecule has 25 heavy (non-hydrogen) atoms. The third kappa shape index (κ3) is 5.47. The number of anilines is 1. The Morgan fingerprint density at radius 1 is 1.12 bits per heavy atom. The standard InChI is InChI=1S/C18H21ClN2O3S/c1-14-16(19)9-6-10-17(14)21(25(2,23)24)12-11-20-18(22)13-15-7-4-3-5-8-15/h3-10H,11-13H2,1-2H3,(H,20,22). The van der Waals surface area contributed by atoms with Gasteiger partial charge in [0.05, 0.1) is 24.9 Å². The number of carbonyl (C=O) groups is 1. The molecule has 7 heteroatoms. The first kappa shape index (κ1) is 19.3. The molecule has 2 rings (SSSR count). The number of nitrogens with one attached hydrogen (secondary N) is 1. The molecule has 1 N–H and O–H groups in total. The van der Waals surface area contributed by atoms with Crippen LogP contribution < -0.4 is 9.62 Å². The van der Waals surface area contributed by atoms with Crippen LogP contribution in [0.1, 0.15) is 11.1 Å². The molecular weight excluding hydrogens is 360 g/mol. The maximum absolute atomic E-state index is 12.1. The van der Waals surface area contributed by atoms with Crippen LogP contribution in [0.5, 0.6) is 0 Å². The molecular formula is C18H21ClN2O3S. The first-order valence-electron chi connectivity index (χ1n) is 7.82. The molecule has 1 amide bonds. The third-order valence-electron chi connectivity index (χ3n) is 3.75. The van der Waals surface area contributed by atoms with E-state index in [2.05, 4.69) is 5.32 Å².